The van der Waals surface area contributed by atoms with Gasteiger partial charge < -0.3 is 5.11 Å². The topological polar surface area (TPSA) is 37.3 Å². The van der Waals surface area contributed by atoms with Crippen molar-refractivity contribution in [2.45, 2.75) is 46.0 Å². The molecule has 15 heavy (non-hydrogen) atoms. The maximum Gasteiger partial charge on any atom is 0.306 e. The highest BCUT2D eigenvalue weighted by Gasteiger charge is 2.06. The lowest BCUT2D eigenvalue weighted by Gasteiger charge is -1.99. The quantitative estimate of drug-likeness (QED) is 0.489. The maximum absolute atomic E-state index is 10.5. The maximum atomic E-state index is 10.5. The van der Waals surface area contributed by atoms with E-state index in [0.717, 1.165) is 19.3 Å². The molecule has 0 radical (unpaired) electrons. The minimum Gasteiger partial charge on any atom is -0.481 e. The van der Waals surface area contributed by atoms with E-state index < -0.39 is 5.97 Å². The van der Waals surface area contributed by atoms with Gasteiger partial charge in [-0.3, -0.25) is 4.79 Å². The Morgan fingerprint density at radius 3 is 2.20 bits per heavy atom. The van der Waals surface area contributed by atoms with E-state index in [9.17, 15) is 4.79 Å². The monoisotopic (exact) mass is 210 g/mol. The predicted octanol–water partition coefficient (Wildman–Crippen LogP) is 3.79. The van der Waals surface area contributed by atoms with E-state index in [1.165, 1.54) is 6.42 Å². The van der Waals surface area contributed by atoms with Gasteiger partial charge in [-0.2, -0.15) is 0 Å². The molecule has 1 unspecified atom stereocenters. The fraction of sp³-hybridized carbons (Fsp3) is 0.615. The van der Waals surface area contributed by atoms with Crippen LogP contribution in [0.15, 0.2) is 24.3 Å². The first kappa shape index (κ1) is 13.9. The van der Waals surface area contributed by atoms with Gasteiger partial charge in [-0.05, 0) is 25.7 Å². The molecule has 0 spiro atoms. The summed E-state index contributed by atoms with van der Waals surface area (Å²) in [6.07, 6.45) is 13.5. The second-order valence-electron chi connectivity index (χ2n) is 3.78. The van der Waals surface area contributed by atoms with Crippen LogP contribution in [-0.2, 0) is 4.79 Å². The molecule has 1 N–H and O–H groups in total. The van der Waals surface area contributed by atoms with Crippen molar-refractivity contribution in [2.75, 3.05) is 0 Å². The molecule has 0 aromatic rings. The molecular weight excluding hydrogens is 188 g/mol. The van der Waals surface area contributed by atoms with Gasteiger partial charge in [0.1, 0.15) is 0 Å². The molecule has 0 bridgehead atoms. The summed E-state index contributed by atoms with van der Waals surface area (Å²) in [6, 6.07) is 0. The molecule has 2 heteroatoms. The van der Waals surface area contributed by atoms with Crippen LogP contribution in [0.2, 0.25) is 0 Å². The molecule has 0 saturated carbocycles. The van der Waals surface area contributed by atoms with E-state index in [4.69, 9.17) is 5.11 Å². The van der Waals surface area contributed by atoms with Crippen molar-refractivity contribution in [1.82, 2.24) is 0 Å². The Hall–Kier alpha value is -1.05. The summed E-state index contributed by atoms with van der Waals surface area (Å²) < 4.78 is 0. The van der Waals surface area contributed by atoms with Crippen LogP contribution in [0.25, 0.3) is 0 Å². The van der Waals surface area contributed by atoms with Crippen LogP contribution in [0.1, 0.15) is 46.0 Å². The first-order chi connectivity index (χ1) is 7.18. The fourth-order valence-corrected chi connectivity index (χ4v) is 1.11. The Kier molecular flexibility index (Phi) is 8.84. The lowest BCUT2D eigenvalue weighted by molar-refractivity contribution is -0.140. The number of hydrogen-bond acceptors (Lipinski definition) is 1. The molecule has 1 atom stereocenters. The average Bonchev–Trinajstić information content (AvgIpc) is 2.21. The highest BCUT2D eigenvalue weighted by Crippen LogP contribution is 2.04. The molecule has 0 amide bonds. The van der Waals surface area contributed by atoms with Gasteiger partial charge in [-0.1, -0.05) is 44.6 Å². The third-order valence-corrected chi connectivity index (χ3v) is 2.20. The van der Waals surface area contributed by atoms with Gasteiger partial charge in [-0.15, -0.1) is 0 Å². The SMILES string of the molecule is CCCC=CCCC=CCC(C)C(=O)O. The van der Waals surface area contributed by atoms with Crippen LogP contribution in [0.4, 0.5) is 0 Å². The Labute approximate surface area is 92.7 Å². The number of rotatable bonds is 8. The standard InChI is InChI=1S/C13H22O2/c1-3-4-5-6-7-8-9-10-11-12(2)13(14)15/h5-6,9-10,12H,3-4,7-8,11H2,1-2H3,(H,14,15). The molecule has 2 nitrogen and oxygen atoms in total. The number of carboxylic acid groups (broad SMARTS) is 1. The van der Waals surface area contributed by atoms with Crippen LogP contribution < -0.4 is 0 Å². The van der Waals surface area contributed by atoms with Gasteiger partial charge >= 0.3 is 5.97 Å². The predicted molar refractivity (Wildman–Crippen MR) is 63.8 cm³/mol. The van der Waals surface area contributed by atoms with Gasteiger partial charge in [0, 0.05) is 0 Å². The summed E-state index contributed by atoms with van der Waals surface area (Å²) >= 11 is 0. The van der Waals surface area contributed by atoms with E-state index in [-0.39, 0.29) is 5.92 Å². The summed E-state index contributed by atoms with van der Waals surface area (Å²) in [4.78, 5) is 10.5. The minimum absolute atomic E-state index is 0.267. The van der Waals surface area contributed by atoms with Crippen molar-refractivity contribution in [2.24, 2.45) is 5.92 Å². The van der Waals surface area contributed by atoms with Gasteiger partial charge in [0.25, 0.3) is 0 Å². The molecule has 86 valence electrons. The Bertz CT molecular complexity index is 217. The number of aliphatic carboxylic acids is 1. The van der Waals surface area contributed by atoms with Crippen molar-refractivity contribution in [1.29, 1.82) is 0 Å². The second-order valence-corrected chi connectivity index (χ2v) is 3.78. The van der Waals surface area contributed by atoms with E-state index in [0.29, 0.717) is 6.42 Å². The van der Waals surface area contributed by atoms with E-state index in [1.54, 1.807) is 6.92 Å². The molecule has 0 rings (SSSR count). The van der Waals surface area contributed by atoms with Crippen LogP contribution in [0, 0.1) is 5.92 Å². The zero-order valence-corrected chi connectivity index (χ0v) is 9.78. The summed E-state index contributed by atoms with van der Waals surface area (Å²) in [7, 11) is 0. The molecule has 0 fully saturated rings. The van der Waals surface area contributed by atoms with E-state index in [2.05, 4.69) is 25.2 Å². The zero-order valence-electron chi connectivity index (χ0n) is 9.78. The van der Waals surface area contributed by atoms with E-state index >= 15 is 0 Å². The van der Waals surface area contributed by atoms with Crippen molar-refractivity contribution < 1.29 is 9.90 Å². The summed E-state index contributed by atoms with van der Waals surface area (Å²) in [6.45, 7) is 3.89. The number of unbranched alkanes of at least 4 members (excludes halogenated alkanes) is 2. The van der Waals surface area contributed by atoms with Crippen molar-refractivity contribution in [3.05, 3.63) is 24.3 Å². The Morgan fingerprint density at radius 1 is 1.13 bits per heavy atom. The summed E-state index contributed by atoms with van der Waals surface area (Å²) in [5.41, 5.74) is 0. The normalized spacial score (nSPS) is 13.7. The van der Waals surface area contributed by atoms with Gasteiger partial charge in [0.2, 0.25) is 0 Å². The third-order valence-electron chi connectivity index (χ3n) is 2.20. The number of carboxylic acids is 1. The lowest BCUT2D eigenvalue weighted by atomic mass is 10.1. The molecule has 0 aromatic carbocycles. The first-order valence-electron chi connectivity index (χ1n) is 5.71. The molecular formula is C13H22O2. The van der Waals surface area contributed by atoms with Crippen LogP contribution in [0.3, 0.4) is 0 Å². The zero-order chi connectivity index (χ0) is 11.5. The highest BCUT2D eigenvalue weighted by atomic mass is 16.4. The number of allylic oxidation sites excluding steroid dienone is 4. The molecule has 0 saturated heterocycles. The molecule has 0 heterocycles. The molecule has 0 aromatic heterocycles. The van der Waals surface area contributed by atoms with Crippen molar-refractivity contribution in [3.8, 4) is 0 Å². The molecule has 0 aliphatic rings. The first-order valence-corrected chi connectivity index (χ1v) is 5.71. The Morgan fingerprint density at radius 2 is 1.67 bits per heavy atom. The van der Waals surface area contributed by atoms with Gasteiger partial charge in [0.05, 0.1) is 5.92 Å². The highest BCUT2D eigenvalue weighted by molar-refractivity contribution is 5.69. The lowest BCUT2D eigenvalue weighted by Crippen LogP contribution is -2.07. The Balaban J connectivity index is 3.43. The molecule has 0 aliphatic heterocycles. The van der Waals surface area contributed by atoms with Gasteiger partial charge in [-0.25, -0.2) is 0 Å². The van der Waals surface area contributed by atoms with Gasteiger partial charge in [0.15, 0.2) is 0 Å². The van der Waals surface area contributed by atoms with Crippen molar-refractivity contribution >= 4 is 5.97 Å². The molecule has 0 aliphatic carbocycles. The largest absolute Gasteiger partial charge is 0.481 e. The second kappa shape index (κ2) is 9.50. The number of carbonyl (C=O) groups is 1. The third kappa shape index (κ3) is 9.26. The summed E-state index contributed by atoms with van der Waals surface area (Å²) in [5.74, 6) is -0.987. The fourth-order valence-electron chi connectivity index (χ4n) is 1.11. The smallest absolute Gasteiger partial charge is 0.306 e. The summed E-state index contributed by atoms with van der Waals surface area (Å²) in [5, 5.41) is 8.64. The number of hydrogen-bond donors (Lipinski definition) is 1. The van der Waals surface area contributed by atoms with E-state index in [1.807, 2.05) is 6.08 Å². The van der Waals surface area contributed by atoms with Crippen molar-refractivity contribution in [3.63, 3.8) is 0 Å². The average molecular weight is 210 g/mol. The minimum atomic E-state index is -0.720. The van der Waals surface area contributed by atoms with Crippen LogP contribution in [0.5, 0.6) is 0 Å². The van der Waals surface area contributed by atoms with Crippen LogP contribution in [-0.4, -0.2) is 11.1 Å². The van der Waals surface area contributed by atoms with Crippen LogP contribution >= 0.6 is 0 Å².